The predicted molar refractivity (Wildman–Crippen MR) is 60.6 cm³/mol. The van der Waals surface area contributed by atoms with Gasteiger partial charge in [0.05, 0.1) is 5.41 Å². The van der Waals surface area contributed by atoms with Crippen LogP contribution in [0.25, 0.3) is 0 Å². The van der Waals surface area contributed by atoms with Crippen LogP contribution in [-0.4, -0.2) is 24.3 Å². The van der Waals surface area contributed by atoms with Crippen molar-refractivity contribution in [2.75, 3.05) is 13.2 Å². The van der Waals surface area contributed by atoms with Crippen molar-refractivity contribution < 1.29 is 19.4 Å². The minimum atomic E-state index is -0.758. The molecule has 1 fully saturated rings. The first-order valence-electron chi connectivity index (χ1n) is 5.86. The van der Waals surface area contributed by atoms with Crippen LogP contribution in [0.1, 0.15) is 24.8 Å². The number of hydrogen-bond acceptors (Lipinski definition) is 3. The third kappa shape index (κ3) is 1.40. The molecule has 0 saturated heterocycles. The monoisotopic (exact) mass is 234 g/mol. The molecule has 1 aliphatic carbocycles. The summed E-state index contributed by atoms with van der Waals surface area (Å²) in [6.07, 6.45) is 2.32. The SMILES string of the molecule is O=C(O)C1(c2cccc3c2OCCO3)CCC1. The number of carboxylic acid groups (broad SMARTS) is 1. The Morgan fingerprint density at radius 2 is 2.00 bits per heavy atom. The molecule has 0 bridgehead atoms. The van der Waals surface area contributed by atoms with Crippen LogP contribution in [0.4, 0.5) is 0 Å². The second-order valence-electron chi connectivity index (χ2n) is 4.57. The predicted octanol–water partition coefficient (Wildman–Crippen LogP) is 1.96. The summed E-state index contributed by atoms with van der Waals surface area (Å²) in [4.78, 5) is 11.5. The van der Waals surface area contributed by atoms with Gasteiger partial charge in [-0.1, -0.05) is 18.6 Å². The molecule has 2 aliphatic rings. The maximum absolute atomic E-state index is 11.5. The number of benzene rings is 1. The summed E-state index contributed by atoms with van der Waals surface area (Å²) in [5.41, 5.74) is 0.0138. The topological polar surface area (TPSA) is 55.8 Å². The van der Waals surface area contributed by atoms with Crippen LogP contribution >= 0.6 is 0 Å². The molecule has 1 aromatic carbocycles. The van der Waals surface area contributed by atoms with E-state index in [1.54, 1.807) is 0 Å². The van der Waals surface area contributed by atoms with E-state index in [0.717, 1.165) is 12.0 Å². The van der Waals surface area contributed by atoms with Crippen LogP contribution in [0.5, 0.6) is 11.5 Å². The quantitative estimate of drug-likeness (QED) is 0.849. The first-order chi connectivity index (χ1) is 8.24. The van der Waals surface area contributed by atoms with Gasteiger partial charge in [-0.15, -0.1) is 0 Å². The van der Waals surface area contributed by atoms with Gasteiger partial charge >= 0.3 is 5.97 Å². The molecule has 4 heteroatoms. The van der Waals surface area contributed by atoms with Crippen molar-refractivity contribution >= 4 is 5.97 Å². The molecule has 0 amide bonds. The largest absolute Gasteiger partial charge is 0.486 e. The fraction of sp³-hybridized carbons (Fsp3) is 0.462. The Morgan fingerprint density at radius 3 is 2.65 bits per heavy atom. The standard InChI is InChI=1S/C13H14O4/c14-12(15)13(5-2-6-13)9-3-1-4-10-11(9)17-8-7-16-10/h1,3-4H,2,5-8H2,(H,14,15). The summed E-state index contributed by atoms with van der Waals surface area (Å²) in [6.45, 7) is 1.01. The number of rotatable bonds is 2. The van der Waals surface area contributed by atoms with E-state index in [2.05, 4.69) is 0 Å². The minimum Gasteiger partial charge on any atom is -0.486 e. The van der Waals surface area contributed by atoms with E-state index in [1.165, 1.54) is 0 Å². The van der Waals surface area contributed by atoms with E-state index in [0.29, 0.717) is 37.6 Å². The minimum absolute atomic E-state index is 0.486. The first-order valence-corrected chi connectivity index (χ1v) is 5.86. The van der Waals surface area contributed by atoms with Crippen LogP contribution in [0.2, 0.25) is 0 Å². The molecule has 0 spiro atoms. The Bertz CT molecular complexity index is 462. The molecule has 4 nitrogen and oxygen atoms in total. The Labute approximate surface area is 99.2 Å². The molecule has 0 unspecified atom stereocenters. The van der Waals surface area contributed by atoms with Gasteiger partial charge in [-0.3, -0.25) is 4.79 Å². The molecule has 1 aromatic rings. The van der Waals surface area contributed by atoms with Gasteiger partial charge in [0.15, 0.2) is 11.5 Å². The number of fused-ring (bicyclic) bond motifs is 1. The van der Waals surface area contributed by atoms with Gasteiger partial charge in [0, 0.05) is 5.56 Å². The molecule has 3 rings (SSSR count). The molecule has 0 aromatic heterocycles. The van der Waals surface area contributed by atoms with Crippen LogP contribution in [-0.2, 0) is 10.2 Å². The van der Waals surface area contributed by atoms with Crippen molar-refractivity contribution in [1.82, 2.24) is 0 Å². The molecule has 1 N–H and O–H groups in total. The van der Waals surface area contributed by atoms with Gasteiger partial charge in [-0.25, -0.2) is 0 Å². The smallest absolute Gasteiger partial charge is 0.314 e. The van der Waals surface area contributed by atoms with Crippen molar-refractivity contribution in [2.45, 2.75) is 24.7 Å². The molecule has 90 valence electrons. The normalized spacial score (nSPS) is 20.5. The lowest BCUT2D eigenvalue weighted by Gasteiger charge is -2.39. The van der Waals surface area contributed by atoms with E-state index < -0.39 is 11.4 Å². The van der Waals surface area contributed by atoms with Crippen LogP contribution < -0.4 is 9.47 Å². The van der Waals surface area contributed by atoms with Gasteiger partial charge in [0.1, 0.15) is 13.2 Å². The third-order valence-corrected chi connectivity index (χ3v) is 3.70. The summed E-state index contributed by atoms with van der Waals surface area (Å²) in [5, 5.41) is 9.44. The molecular formula is C13H14O4. The zero-order chi connectivity index (χ0) is 11.9. The summed E-state index contributed by atoms with van der Waals surface area (Å²) in [5.74, 6) is 0.536. The molecule has 17 heavy (non-hydrogen) atoms. The van der Waals surface area contributed by atoms with E-state index >= 15 is 0 Å². The maximum Gasteiger partial charge on any atom is 0.314 e. The number of carbonyl (C=O) groups is 1. The highest BCUT2D eigenvalue weighted by Crippen LogP contribution is 2.50. The van der Waals surface area contributed by atoms with Gasteiger partial charge in [0.2, 0.25) is 0 Å². The van der Waals surface area contributed by atoms with Crippen molar-refractivity contribution in [3.63, 3.8) is 0 Å². The van der Waals surface area contributed by atoms with Crippen LogP contribution in [0.3, 0.4) is 0 Å². The van der Waals surface area contributed by atoms with E-state index in [1.807, 2.05) is 18.2 Å². The van der Waals surface area contributed by atoms with Crippen LogP contribution in [0, 0.1) is 0 Å². The van der Waals surface area contributed by atoms with Crippen LogP contribution in [0.15, 0.2) is 18.2 Å². The highest BCUT2D eigenvalue weighted by molar-refractivity contribution is 5.84. The molecule has 1 aliphatic heterocycles. The van der Waals surface area contributed by atoms with Gasteiger partial charge in [-0.05, 0) is 18.9 Å². The Balaban J connectivity index is 2.11. The molecule has 1 saturated carbocycles. The Kier molecular flexibility index (Phi) is 2.24. The molecule has 0 radical (unpaired) electrons. The first kappa shape index (κ1) is 10.4. The average molecular weight is 234 g/mol. The third-order valence-electron chi connectivity index (χ3n) is 3.70. The Hall–Kier alpha value is -1.71. The zero-order valence-corrected chi connectivity index (χ0v) is 9.44. The van der Waals surface area contributed by atoms with Gasteiger partial charge in [-0.2, -0.15) is 0 Å². The van der Waals surface area contributed by atoms with Crippen molar-refractivity contribution in [2.24, 2.45) is 0 Å². The van der Waals surface area contributed by atoms with E-state index in [4.69, 9.17) is 9.47 Å². The summed E-state index contributed by atoms with van der Waals surface area (Å²) >= 11 is 0. The lowest BCUT2D eigenvalue weighted by atomic mass is 9.64. The fourth-order valence-corrected chi connectivity index (χ4v) is 2.58. The number of ether oxygens (including phenoxy) is 2. The lowest BCUT2D eigenvalue weighted by molar-refractivity contribution is -0.147. The average Bonchev–Trinajstić information content (AvgIpc) is 2.27. The second-order valence-corrected chi connectivity index (χ2v) is 4.57. The number of aliphatic carboxylic acids is 1. The van der Waals surface area contributed by atoms with E-state index in [-0.39, 0.29) is 0 Å². The fourth-order valence-electron chi connectivity index (χ4n) is 2.58. The zero-order valence-electron chi connectivity index (χ0n) is 9.44. The lowest BCUT2D eigenvalue weighted by Crippen LogP contribution is -2.43. The van der Waals surface area contributed by atoms with Gasteiger partial charge < -0.3 is 14.6 Å². The van der Waals surface area contributed by atoms with Crippen molar-refractivity contribution in [3.05, 3.63) is 23.8 Å². The highest BCUT2D eigenvalue weighted by Gasteiger charge is 2.48. The van der Waals surface area contributed by atoms with Gasteiger partial charge in [0.25, 0.3) is 0 Å². The number of hydrogen-bond donors (Lipinski definition) is 1. The summed E-state index contributed by atoms with van der Waals surface area (Å²) < 4.78 is 11.1. The molecule has 1 heterocycles. The maximum atomic E-state index is 11.5. The Morgan fingerprint density at radius 1 is 1.24 bits per heavy atom. The van der Waals surface area contributed by atoms with Crippen molar-refractivity contribution in [1.29, 1.82) is 0 Å². The number of para-hydroxylation sites is 1. The summed E-state index contributed by atoms with van der Waals surface area (Å²) in [6, 6.07) is 5.51. The van der Waals surface area contributed by atoms with Crippen molar-refractivity contribution in [3.8, 4) is 11.5 Å². The molecular weight excluding hydrogens is 220 g/mol. The molecule has 0 atom stereocenters. The number of carboxylic acids is 1. The van der Waals surface area contributed by atoms with E-state index in [9.17, 15) is 9.90 Å². The second kappa shape index (κ2) is 3.65. The highest BCUT2D eigenvalue weighted by atomic mass is 16.6. The summed E-state index contributed by atoms with van der Waals surface area (Å²) in [7, 11) is 0.